The van der Waals surface area contributed by atoms with Gasteiger partial charge >= 0.3 is 0 Å². The zero-order chi connectivity index (χ0) is 19.3. The molecule has 1 aliphatic heterocycles. The molecule has 0 saturated carbocycles. The van der Waals surface area contributed by atoms with Gasteiger partial charge in [-0.25, -0.2) is 4.39 Å². The van der Waals surface area contributed by atoms with E-state index in [0.29, 0.717) is 31.2 Å². The highest BCUT2D eigenvalue weighted by Crippen LogP contribution is 2.41. The molecule has 27 heavy (non-hydrogen) atoms. The van der Waals surface area contributed by atoms with Crippen LogP contribution in [0.2, 0.25) is 5.02 Å². The fourth-order valence-corrected chi connectivity index (χ4v) is 4.03. The number of hydrogen-bond acceptors (Lipinski definition) is 3. The molecule has 0 aliphatic carbocycles. The van der Waals surface area contributed by atoms with Crippen molar-refractivity contribution in [1.29, 1.82) is 0 Å². The average molecular weight is 392 g/mol. The Morgan fingerprint density at radius 2 is 1.74 bits per heavy atom. The summed E-state index contributed by atoms with van der Waals surface area (Å²) in [5, 5.41) is 12.5. The second-order valence-electron chi connectivity index (χ2n) is 7.20. The summed E-state index contributed by atoms with van der Waals surface area (Å²) in [6.45, 7) is 5.86. The van der Waals surface area contributed by atoms with Crippen LogP contribution in [0.4, 0.5) is 4.39 Å². The van der Waals surface area contributed by atoms with Gasteiger partial charge in [0.2, 0.25) is 0 Å². The Bertz CT molecular complexity index is 716. The number of benzene rings is 2. The van der Waals surface area contributed by atoms with Gasteiger partial charge in [-0.2, -0.15) is 0 Å². The van der Waals surface area contributed by atoms with Crippen LogP contribution in [0.15, 0.2) is 48.5 Å². The third-order valence-corrected chi connectivity index (χ3v) is 5.62. The van der Waals surface area contributed by atoms with Gasteiger partial charge in [0, 0.05) is 30.6 Å². The number of rotatable bonds is 7. The van der Waals surface area contributed by atoms with Gasteiger partial charge in [-0.1, -0.05) is 49.2 Å². The van der Waals surface area contributed by atoms with E-state index in [4.69, 9.17) is 16.3 Å². The molecular weight excluding hydrogens is 365 g/mol. The van der Waals surface area contributed by atoms with Crippen LogP contribution in [-0.4, -0.2) is 42.9 Å². The zero-order valence-corrected chi connectivity index (χ0v) is 16.5. The van der Waals surface area contributed by atoms with Crippen molar-refractivity contribution in [2.75, 3.05) is 32.8 Å². The van der Waals surface area contributed by atoms with Gasteiger partial charge in [-0.05, 0) is 41.8 Å². The predicted molar refractivity (Wildman–Crippen MR) is 107 cm³/mol. The van der Waals surface area contributed by atoms with Gasteiger partial charge < -0.3 is 9.84 Å². The monoisotopic (exact) mass is 391 g/mol. The van der Waals surface area contributed by atoms with Crippen LogP contribution in [0.5, 0.6) is 0 Å². The molecule has 2 aromatic carbocycles. The Hall–Kier alpha value is -1.46. The van der Waals surface area contributed by atoms with Crippen LogP contribution in [-0.2, 0) is 10.3 Å². The summed E-state index contributed by atoms with van der Waals surface area (Å²) in [5.41, 5.74) is 0.694. The van der Waals surface area contributed by atoms with Crippen molar-refractivity contribution in [2.45, 2.75) is 31.3 Å². The molecule has 2 unspecified atom stereocenters. The lowest BCUT2D eigenvalue weighted by atomic mass is 9.74. The maximum Gasteiger partial charge on any atom is 0.123 e. The van der Waals surface area contributed by atoms with E-state index in [1.807, 2.05) is 24.3 Å². The Kier molecular flexibility index (Phi) is 6.88. The summed E-state index contributed by atoms with van der Waals surface area (Å²) in [6.07, 6.45) is 1.41. The molecule has 2 atom stereocenters. The van der Waals surface area contributed by atoms with Crippen molar-refractivity contribution >= 4 is 11.6 Å². The van der Waals surface area contributed by atoms with E-state index in [-0.39, 0.29) is 11.7 Å². The molecule has 3 nitrogen and oxygen atoms in total. The minimum Gasteiger partial charge on any atom is -0.384 e. The lowest BCUT2D eigenvalue weighted by molar-refractivity contribution is -0.0285. The molecule has 5 heteroatoms. The lowest BCUT2D eigenvalue weighted by Gasteiger charge is -2.41. The van der Waals surface area contributed by atoms with Gasteiger partial charge in [-0.15, -0.1) is 0 Å². The molecule has 1 fully saturated rings. The number of nitrogens with zero attached hydrogens (tertiary/aromatic N) is 1. The van der Waals surface area contributed by atoms with E-state index < -0.39 is 5.60 Å². The highest BCUT2D eigenvalue weighted by Gasteiger charge is 2.39. The van der Waals surface area contributed by atoms with Gasteiger partial charge in [-0.3, -0.25) is 4.90 Å². The molecule has 1 aliphatic rings. The van der Waals surface area contributed by atoms with E-state index in [2.05, 4.69) is 11.8 Å². The third-order valence-electron chi connectivity index (χ3n) is 5.37. The summed E-state index contributed by atoms with van der Waals surface area (Å²) in [7, 11) is 0. The lowest BCUT2D eigenvalue weighted by Crippen LogP contribution is -2.45. The fraction of sp³-hybridized carbons (Fsp3) is 0.455. The minimum absolute atomic E-state index is 0.154. The standard InChI is InChI=1S/C22H27ClFNO2/c1-2-11-22(26,18-5-9-20(24)10-6-18)21(16-25-12-14-27-15-13-25)17-3-7-19(23)8-4-17/h3-10,21,26H,2,11-16H2,1H3. The van der Waals surface area contributed by atoms with Crippen LogP contribution in [0.3, 0.4) is 0 Å². The van der Waals surface area contributed by atoms with Crippen LogP contribution in [0.25, 0.3) is 0 Å². The van der Waals surface area contributed by atoms with Gasteiger partial charge in [0.15, 0.2) is 0 Å². The Balaban J connectivity index is 2.00. The minimum atomic E-state index is -1.09. The molecule has 0 amide bonds. The number of ether oxygens (including phenoxy) is 1. The molecule has 2 aromatic rings. The Labute approximate surface area is 165 Å². The quantitative estimate of drug-likeness (QED) is 0.749. The average Bonchev–Trinajstić information content (AvgIpc) is 2.68. The smallest absolute Gasteiger partial charge is 0.123 e. The Morgan fingerprint density at radius 3 is 2.33 bits per heavy atom. The summed E-state index contributed by atoms with van der Waals surface area (Å²) in [5.74, 6) is -0.452. The van der Waals surface area contributed by atoms with Crippen LogP contribution in [0.1, 0.15) is 36.8 Å². The largest absolute Gasteiger partial charge is 0.384 e. The van der Waals surface area contributed by atoms with Crippen LogP contribution >= 0.6 is 11.6 Å². The van der Waals surface area contributed by atoms with E-state index >= 15 is 0 Å². The SMILES string of the molecule is CCCC(O)(c1ccc(F)cc1)C(CN1CCOCC1)c1ccc(Cl)cc1. The van der Waals surface area contributed by atoms with Crippen molar-refractivity contribution in [1.82, 2.24) is 4.90 Å². The highest BCUT2D eigenvalue weighted by atomic mass is 35.5. The first-order valence-electron chi connectivity index (χ1n) is 9.57. The number of halogens is 2. The van der Waals surface area contributed by atoms with Crippen molar-refractivity contribution in [3.63, 3.8) is 0 Å². The first-order chi connectivity index (χ1) is 13.0. The van der Waals surface area contributed by atoms with Gasteiger partial charge in [0.25, 0.3) is 0 Å². The maximum atomic E-state index is 13.5. The normalized spacial score (nSPS) is 18.8. The topological polar surface area (TPSA) is 32.7 Å². The molecule has 1 N–H and O–H groups in total. The molecule has 0 aromatic heterocycles. The van der Waals surface area contributed by atoms with Crippen molar-refractivity contribution in [3.05, 3.63) is 70.5 Å². The third kappa shape index (κ3) is 4.88. The number of hydrogen-bond donors (Lipinski definition) is 1. The summed E-state index contributed by atoms with van der Waals surface area (Å²) < 4.78 is 19.0. The molecule has 0 spiro atoms. The fourth-order valence-electron chi connectivity index (χ4n) is 3.91. The second-order valence-corrected chi connectivity index (χ2v) is 7.63. The first-order valence-corrected chi connectivity index (χ1v) is 9.94. The van der Waals surface area contributed by atoms with E-state index in [1.54, 1.807) is 12.1 Å². The molecule has 0 radical (unpaired) electrons. The molecular formula is C22H27ClFNO2. The van der Waals surface area contributed by atoms with E-state index in [0.717, 1.165) is 30.6 Å². The van der Waals surface area contributed by atoms with E-state index in [9.17, 15) is 9.50 Å². The van der Waals surface area contributed by atoms with E-state index in [1.165, 1.54) is 12.1 Å². The highest BCUT2D eigenvalue weighted by molar-refractivity contribution is 6.30. The molecule has 1 heterocycles. The van der Waals surface area contributed by atoms with Gasteiger partial charge in [0.05, 0.1) is 18.8 Å². The second kappa shape index (κ2) is 9.16. The predicted octanol–water partition coefficient (Wildman–Crippen LogP) is 4.58. The summed E-state index contributed by atoms with van der Waals surface area (Å²) in [4.78, 5) is 2.33. The molecule has 146 valence electrons. The Morgan fingerprint density at radius 1 is 1.11 bits per heavy atom. The summed E-state index contributed by atoms with van der Waals surface area (Å²) in [6, 6.07) is 13.9. The zero-order valence-electron chi connectivity index (χ0n) is 15.7. The number of morpholine rings is 1. The molecule has 3 rings (SSSR count). The van der Waals surface area contributed by atoms with Crippen molar-refractivity contribution in [3.8, 4) is 0 Å². The first kappa shape index (κ1) is 20.3. The summed E-state index contributed by atoms with van der Waals surface area (Å²) >= 11 is 6.09. The molecule has 1 saturated heterocycles. The number of aliphatic hydroxyl groups is 1. The van der Waals surface area contributed by atoms with Crippen LogP contribution < -0.4 is 0 Å². The van der Waals surface area contributed by atoms with Gasteiger partial charge in [0.1, 0.15) is 5.82 Å². The maximum absolute atomic E-state index is 13.5. The van der Waals surface area contributed by atoms with Crippen molar-refractivity contribution in [2.24, 2.45) is 0 Å². The molecule has 0 bridgehead atoms. The van der Waals surface area contributed by atoms with Crippen LogP contribution in [0, 0.1) is 5.82 Å². The van der Waals surface area contributed by atoms with Crippen molar-refractivity contribution < 1.29 is 14.2 Å².